The molecule has 0 bridgehead atoms. The third kappa shape index (κ3) is 21.7. The Labute approximate surface area is 479 Å². The second-order valence-corrected chi connectivity index (χ2v) is 18.4. The maximum atomic E-state index is 13.8. The van der Waals surface area contributed by atoms with Gasteiger partial charge in [-0.3, -0.25) is 76.9 Å². The van der Waals surface area contributed by atoms with Crippen LogP contribution in [0.4, 0.5) is 0 Å². The first-order valence-corrected chi connectivity index (χ1v) is 26.5. The average Bonchev–Trinajstić information content (AvgIpc) is 2.58. The molecule has 0 radical (unpaired) electrons. The lowest BCUT2D eigenvalue weighted by Gasteiger charge is -2.35. The number of rotatable bonds is 39. The number of hydroxylamine groups is 4. The smallest absolute Gasteiger partial charge is 0.354 e. The molecule has 0 spiro atoms. The molecular weight excluding hydrogens is 1120 g/mol. The summed E-state index contributed by atoms with van der Waals surface area (Å²) < 4.78 is 32.6. The van der Waals surface area contributed by atoms with E-state index in [2.05, 4.69) is 31.9 Å². The Hall–Kier alpha value is -8.44. The summed E-state index contributed by atoms with van der Waals surface area (Å²) in [6, 6.07) is -8.66. The van der Waals surface area contributed by atoms with Crippen LogP contribution < -0.4 is 31.9 Å². The van der Waals surface area contributed by atoms with Crippen molar-refractivity contribution in [1.82, 2.24) is 51.8 Å². The van der Waals surface area contributed by atoms with Crippen molar-refractivity contribution < 1.29 is 115 Å². The minimum atomic E-state index is -2.03. The minimum absolute atomic E-state index is 0.0209. The first kappa shape index (κ1) is 68.1. The fourth-order valence-electron chi connectivity index (χ4n) is 7.50. The third-order valence-corrected chi connectivity index (χ3v) is 11.9. The van der Waals surface area contributed by atoms with E-state index >= 15 is 0 Å². The molecule has 34 heteroatoms. The number of amides is 14. The monoisotopic (exact) mass is 1190 g/mol. The zero-order valence-corrected chi connectivity index (χ0v) is 46.5. The fraction of sp³-hybridized carbons (Fsp3) is 0.600. The van der Waals surface area contributed by atoms with Crippen LogP contribution >= 0.6 is 0 Å². The van der Waals surface area contributed by atoms with Crippen LogP contribution in [0.3, 0.4) is 0 Å². The van der Waals surface area contributed by atoms with E-state index in [-0.39, 0.29) is 131 Å². The lowest BCUT2D eigenvalue weighted by Crippen LogP contribution is -2.66. The number of carbonyl (C=O) groups excluding carboxylic acids is 16. The summed E-state index contributed by atoms with van der Waals surface area (Å²) in [6.45, 7) is 4.99. The lowest BCUT2D eigenvalue weighted by atomic mass is 10.0. The quantitative estimate of drug-likeness (QED) is 0.0246. The third-order valence-electron chi connectivity index (χ3n) is 11.9. The van der Waals surface area contributed by atoms with E-state index in [1.807, 2.05) is 0 Å². The zero-order valence-electron chi connectivity index (χ0n) is 46.5. The van der Waals surface area contributed by atoms with Gasteiger partial charge in [-0.2, -0.15) is 0 Å². The second kappa shape index (κ2) is 34.9. The Bertz CT molecular complexity index is 2320. The van der Waals surface area contributed by atoms with Gasteiger partial charge in [-0.05, 0) is 27.7 Å². The molecule has 0 aromatic carbocycles. The number of imide groups is 4. The van der Waals surface area contributed by atoms with Crippen LogP contribution in [0.15, 0.2) is 24.3 Å². The Kier molecular flexibility index (Phi) is 28.3. The summed E-state index contributed by atoms with van der Waals surface area (Å²) >= 11 is 0. The molecule has 0 aliphatic carbocycles. The maximum Gasteiger partial charge on any atom is 0.354 e. The van der Waals surface area contributed by atoms with Crippen molar-refractivity contribution in [2.24, 2.45) is 0 Å². The topological polar surface area (TPSA) is 432 Å². The van der Waals surface area contributed by atoms with Crippen molar-refractivity contribution in [3.05, 3.63) is 24.3 Å². The van der Waals surface area contributed by atoms with Gasteiger partial charge in [0.2, 0.25) is 35.4 Å². The number of carbonyl (C=O) groups is 16. The number of nitrogens with zero attached hydrogens (tertiary/aromatic N) is 4. The molecule has 0 aromatic rings. The molecule has 4 rings (SSSR count). The molecule has 6 N–H and O–H groups in total. The first-order valence-electron chi connectivity index (χ1n) is 26.5. The molecule has 6 atom stereocenters. The van der Waals surface area contributed by atoms with Crippen molar-refractivity contribution >= 4 is 94.6 Å². The van der Waals surface area contributed by atoms with Crippen molar-refractivity contribution in [3.8, 4) is 0 Å². The number of hydrogen-bond donors (Lipinski definition) is 6. The van der Waals surface area contributed by atoms with E-state index in [4.69, 9.17) is 38.1 Å². The van der Waals surface area contributed by atoms with E-state index in [0.717, 1.165) is 24.3 Å². The molecule has 0 aromatic heterocycles. The van der Waals surface area contributed by atoms with Crippen molar-refractivity contribution in [1.29, 1.82) is 0 Å². The van der Waals surface area contributed by atoms with E-state index < -0.39 is 131 Å². The molecule has 6 unspecified atom stereocenters. The van der Waals surface area contributed by atoms with Gasteiger partial charge in [-0.25, -0.2) is 9.59 Å². The van der Waals surface area contributed by atoms with Crippen LogP contribution in [0.2, 0.25) is 0 Å². The largest absolute Gasteiger partial charge is 0.379 e. The van der Waals surface area contributed by atoms with Crippen LogP contribution in [0.1, 0.15) is 66.2 Å². The van der Waals surface area contributed by atoms with Gasteiger partial charge in [0.1, 0.15) is 36.3 Å². The van der Waals surface area contributed by atoms with Gasteiger partial charge in [0.25, 0.3) is 47.3 Å². The number of nitrogens with one attached hydrogen (secondary N) is 6. The van der Waals surface area contributed by atoms with Crippen LogP contribution in [0.5, 0.6) is 0 Å². The fourth-order valence-corrected chi connectivity index (χ4v) is 7.50. The Morgan fingerprint density at radius 2 is 0.655 bits per heavy atom. The molecule has 462 valence electrons. The average molecular weight is 1190 g/mol. The predicted molar refractivity (Wildman–Crippen MR) is 275 cm³/mol. The normalized spacial score (nSPS) is 17.0. The Morgan fingerprint density at radius 3 is 0.952 bits per heavy atom. The minimum Gasteiger partial charge on any atom is -0.379 e. The SMILES string of the molecule is CC(NC(=O)CCOCCOCCOCCNC(=O)C(C(C(=O)NCCOCCOCCOCCC(=O)NC(C)C(=O)NC(C)C(=O)ON1C(=O)CCC1=O)N1C(=O)C=CC1=O)N1C(=O)C=CC1=O)C(=O)NC(C)C(=O)ON1C(=O)CCC1=O. The molecule has 2 saturated heterocycles. The summed E-state index contributed by atoms with van der Waals surface area (Å²) in [5.74, 6) is -13.5. The van der Waals surface area contributed by atoms with Crippen LogP contribution in [0.25, 0.3) is 0 Å². The van der Waals surface area contributed by atoms with E-state index in [0.29, 0.717) is 19.9 Å². The highest BCUT2D eigenvalue weighted by Crippen LogP contribution is 2.21. The first-order chi connectivity index (χ1) is 40.0. The summed E-state index contributed by atoms with van der Waals surface area (Å²) in [7, 11) is 0. The van der Waals surface area contributed by atoms with Gasteiger partial charge in [0, 0.05) is 75.9 Å². The van der Waals surface area contributed by atoms with Gasteiger partial charge < -0.3 is 70.0 Å². The van der Waals surface area contributed by atoms with Crippen LogP contribution in [0, 0.1) is 0 Å². The van der Waals surface area contributed by atoms with Gasteiger partial charge in [-0.15, -0.1) is 10.1 Å². The molecule has 0 saturated carbocycles. The number of ether oxygens (including phenoxy) is 6. The Morgan fingerprint density at radius 1 is 0.381 bits per heavy atom. The standard InChI is InChI=1S/C50H68N10O24/c1-29(45(71)55-31(3)49(75)83-59-39(67)9-10-40(59)68)53-33(61)13-17-77-21-25-81-27-23-79-19-15-51-47(73)43(57-35(63)5-6-36(57)64)44(58-37(65)7-8-38(58)66)48(74)52-16-20-80-24-28-82-26-22-78-18-14-34(62)54-30(2)46(72)56-32(4)50(76)84-60-41(69)11-12-42(60)70/h5-8,29-32,43-44H,9-28H2,1-4H3,(H,51,73)(H,52,74)(H,53,61)(H,54,62)(H,55,71)(H,56,72). The molecule has 14 amide bonds. The lowest BCUT2D eigenvalue weighted by molar-refractivity contribution is -0.198. The highest BCUT2D eigenvalue weighted by Gasteiger charge is 2.50. The molecular formula is C50H68N10O24. The summed E-state index contributed by atoms with van der Waals surface area (Å²) in [5.41, 5.74) is 0. The highest BCUT2D eigenvalue weighted by atomic mass is 16.7. The van der Waals surface area contributed by atoms with Gasteiger partial charge in [0.05, 0.1) is 79.3 Å². The molecule has 4 heterocycles. The summed E-state index contributed by atoms with van der Waals surface area (Å²) in [6.07, 6.45) is 2.77. The Balaban J connectivity index is 1.07. The van der Waals surface area contributed by atoms with Crippen molar-refractivity contribution in [2.45, 2.75) is 102 Å². The van der Waals surface area contributed by atoms with Gasteiger partial charge >= 0.3 is 11.9 Å². The van der Waals surface area contributed by atoms with E-state index in [9.17, 15) is 76.7 Å². The molecule has 2 fully saturated rings. The molecule has 4 aliphatic rings. The summed E-state index contributed by atoms with van der Waals surface area (Å²) in [4.78, 5) is 210. The number of hydrogen-bond acceptors (Lipinski definition) is 24. The predicted octanol–water partition coefficient (Wildman–Crippen LogP) is -6.08. The molecule has 84 heavy (non-hydrogen) atoms. The molecule has 34 nitrogen and oxygen atoms in total. The van der Waals surface area contributed by atoms with Gasteiger partial charge in [-0.1, -0.05) is 0 Å². The molecule has 4 aliphatic heterocycles. The zero-order chi connectivity index (χ0) is 61.9. The van der Waals surface area contributed by atoms with E-state index in [1.165, 1.54) is 27.7 Å². The highest BCUT2D eigenvalue weighted by molar-refractivity contribution is 6.19. The van der Waals surface area contributed by atoms with Crippen LogP contribution in [-0.2, 0) is 115 Å². The maximum absolute atomic E-state index is 13.8. The van der Waals surface area contributed by atoms with Crippen molar-refractivity contribution in [2.75, 3.05) is 92.4 Å². The van der Waals surface area contributed by atoms with Crippen molar-refractivity contribution in [3.63, 3.8) is 0 Å². The van der Waals surface area contributed by atoms with E-state index in [1.54, 1.807) is 0 Å². The van der Waals surface area contributed by atoms with Crippen LogP contribution in [-0.4, -0.2) is 243 Å². The van der Waals surface area contributed by atoms with Gasteiger partial charge in [0.15, 0.2) is 0 Å². The second-order valence-electron chi connectivity index (χ2n) is 18.4. The summed E-state index contributed by atoms with van der Waals surface area (Å²) in [5, 5.41) is 15.2.